The minimum absolute atomic E-state index is 0.0336. The van der Waals surface area contributed by atoms with E-state index in [2.05, 4.69) is 20.8 Å². The number of hydrogen-bond acceptors (Lipinski definition) is 4. The highest BCUT2D eigenvalue weighted by molar-refractivity contribution is 5.82. The summed E-state index contributed by atoms with van der Waals surface area (Å²) in [5, 5.41) is 0. The van der Waals surface area contributed by atoms with Crippen LogP contribution < -0.4 is 9.47 Å². The van der Waals surface area contributed by atoms with Gasteiger partial charge < -0.3 is 14.2 Å². The lowest BCUT2D eigenvalue weighted by Gasteiger charge is -2.38. The lowest BCUT2D eigenvalue weighted by Crippen LogP contribution is -2.38. The number of rotatable bonds is 4. The lowest BCUT2D eigenvalue weighted by molar-refractivity contribution is -0.150. The molecule has 2 fully saturated rings. The van der Waals surface area contributed by atoms with E-state index in [9.17, 15) is 4.79 Å². The number of fused-ring (bicyclic) bond motifs is 3. The van der Waals surface area contributed by atoms with Crippen LogP contribution in [0.15, 0.2) is 36.4 Å². The number of carbonyl (C=O) groups is 1. The first-order valence-electron chi connectivity index (χ1n) is 9.35. The molecule has 4 heteroatoms. The van der Waals surface area contributed by atoms with Gasteiger partial charge in [0.25, 0.3) is 0 Å². The Bertz CT molecular complexity index is 776. The molecule has 0 amide bonds. The van der Waals surface area contributed by atoms with E-state index in [1.54, 1.807) is 6.08 Å². The summed E-state index contributed by atoms with van der Waals surface area (Å²) in [4.78, 5) is 12.2. The number of hydrogen-bond donors (Lipinski definition) is 0. The van der Waals surface area contributed by atoms with Crippen molar-refractivity contribution >= 4 is 12.0 Å². The van der Waals surface area contributed by atoms with E-state index in [0.29, 0.717) is 5.92 Å². The fourth-order valence-corrected chi connectivity index (χ4v) is 4.81. The Morgan fingerprint density at radius 2 is 2.00 bits per heavy atom. The third-order valence-corrected chi connectivity index (χ3v) is 7.00. The molecule has 2 saturated carbocycles. The summed E-state index contributed by atoms with van der Waals surface area (Å²) in [6, 6.07) is 5.76. The zero-order valence-electron chi connectivity index (χ0n) is 15.7. The molecule has 4 nitrogen and oxygen atoms in total. The monoisotopic (exact) mass is 354 g/mol. The van der Waals surface area contributed by atoms with Gasteiger partial charge in [0, 0.05) is 11.5 Å². The molecule has 2 bridgehead atoms. The molecule has 0 N–H and O–H groups in total. The number of allylic oxidation sites excluding steroid dienone is 2. The molecule has 0 saturated heterocycles. The summed E-state index contributed by atoms with van der Waals surface area (Å²) >= 11 is 0. The van der Waals surface area contributed by atoms with E-state index < -0.39 is 0 Å². The predicted octanol–water partition coefficient (Wildman–Crippen LogP) is 4.74. The summed E-state index contributed by atoms with van der Waals surface area (Å²) in [5.74, 6) is 1.93. The van der Waals surface area contributed by atoms with Gasteiger partial charge in [-0.25, -0.2) is 4.79 Å². The molecule has 2 aliphatic carbocycles. The van der Waals surface area contributed by atoms with Crippen LogP contribution in [0.2, 0.25) is 0 Å². The van der Waals surface area contributed by atoms with E-state index in [0.717, 1.165) is 29.9 Å². The molecule has 138 valence electrons. The number of carbonyl (C=O) groups excluding carboxylic acids is 1. The third kappa shape index (κ3) is 2.72. The average Bonchev–Trinajstić information content (AvgIpc) is 3.21. The van der Waals surface area contributed by atoms with Gasteiger partial charge in [0.05, 0.1) is 0 Å². The van der Waals surface area contributed by atoms with Crippen LogP contribution >= 0.6 is 0 Å². The fourth-order valence-electron chi connectivity index (χ4n) is 4.81. The second-order valence-electron chi connectivity index (χ2n) is 8.37. The smallest absolute Gasteiger partial charge is 0.331 e. The molecule has 0 aromatic heterocycles. The van der Waals surface area contributed by atoms with Gasteiger partial charge in [-0.15, -0.1) is 0 Å². The Labute approximate surface area is 154 Å². The SMILES string of the molecule is CC1(C)[C@H]2CC[C@]1(C)[C@H](OC(=O)/C=C/C=C/c1ccc3c(c1)OCO3)C2. The number of ether oxygens (including phenoxy) is 3. The minimum atomic E-state index is -0.255. The van der Waals surface area contributed by atoms with E-state index in [1.807, 2.05) is 30.4 Å². The van der Waals surface area contributed by atoms with E-state index >= 15 is 0 Å². The van der Waals surface area contributed by atoms with Crippen LogP contribution in [0.25, 0.3) is 6.08 Å². The Hall–Kier alpha value is -2.23. The molecule has 0 unspecified atom stereocenters. The number of esters is 1. The molecule has 26 heavy (non-hydrogen) atoms. The van der Waals surface area contributed by atoms with Crippen LogP contribution in [-0.4, -0.2) is 18.9 Å². The maximum absolute atomic E-state index is 12.2. The van der Waals surface area contributed by atoms with Gasteiger partial charge in [0.1, 0.15) is 6.10 Å². The first kappa shape index (κ1) is 17.2. The quantitative estimate of drug-likeness (QED) is 0.445. The van der Waals surface area contributed by atoms with Crippen LogP contribution in [0.5, 0.6) is 11.5 Å². The van der Waals surface area contributed by atoms with Crippen LogP contribution in [0, 0.1) is 16.7 Å². The average molecular weight is 354 g/mol. The highest BCUT2D eigenvalue weighted by atomic mass is 16.7. The normalized spacial score (nSPS) is 31.2. The molecule has 3 atom stereocenters. The molecule has 1 aromatic rings. The molecule has 1 aliphatic heterocycles. The molecule has 4 rings (SSSR count). The number of benzene rings is 1. The van der Waals surface area contributed by atoms with Crippen molar-refractivity contribution in [2.45, 2.75) is 46.1 Å². The Morgan fingerprint density at radius 1 is 1.19 bits per heavy atom. The zero-order chi connectivity index (χ0) is 18.4. The van der Waals surface area contributed by atoms with E-state index in [1.165, 1.54) is 12.5 Å². The first-order chi connectivity index (χ1) is 12.4. The van der Waals surface area contributed by atoms with Gasteiger partial charge in [-0.05, 0) is 48.3 Å². The molecular weight excluding hydrogens is 328 g/mol. The molecule has 1 heterocycles. The van der Waals surface area contributed by atoms with Crippen LogP contribution in [0.4, 0.5) is 0 Å². The van der Waals surface area contributed by atoms with Crippen LogP contribution in [-0.2, 0) is 9.53 Å². The van der Waals surface area contributed by atoms with Crippen molar-refractivity contribution in [2.24, 2.45) is 16.7 Å². The maximum Gasteiger partial charge on any atom is 0.331 e. The van der Waals surface area contributed by atoms with Crippen molar-refractivity contribution in [3.05, 3.63) is 42.0 Å². The molecule has 0 spiro atoms. The zero-order valence-corrected chi connectivity index (χ0v) is 15.7. The van der Waals surface area contributed by atoms with Crippen molar-refractivity contribution in [3.8, 4) is 11.5 Å². The first-order valence-corrected chi connectivity index (χ1v) is 9.35. The maximum atomic E-state index is 12.2. The second-order valence-corrected chi connectivity index (χ2v) is 8.37. The molecular formula is C22H26O4. The largest absolute Gasteiger partial charge is 0.459 e. The van der Waals surface area contributed by atoms with Gasteiger partial charge >= 0.3 is 5.97 Å². The summed E-state index contributed by atoms with van der Waals surface area (Å²) in [5.41, 5.74) is 1.35. The second kappa shape index (κ2) is 6.19. The van der Waals surface area contributed by atoms with Gasteiger partial charge in [0.15, 0.2) is 11.5 Å². The highest BCUT2D eigenvalue weighted by Crippen LogP contribution is 2.66. The summed E-state index contributed by atoms with van der Waals surface area (Å²) in [6.07, 6.45) is 10.4. The van der Waals surface area contributed by atoms with Gasteiger partial charge in [-0.3, -0.25) is 0 Å². The topological polar surface area (TPSA) is 44.8 Å². The highest BCUT2D eigenvalue weighted by Gasteiger charge is 2.62. The third-order valence-electron chi connectivity index (χ3n) is 7.00. The standard InChI is InChI=1S/C22H26O4/c1-21(2)16-10-11-22(21,3)19(13-16)26-20(23)7-5-4-6-15-8-9-17-18(12-15)25-14-24-17/h4-9,12,16,19H,10-11,13-14H2,1-3H3/b6-4+,7-5+/t16-,19+,22+/m0/s1. The molecule has 3 aliphatic rings. The molecule has 0 radical (unpaired) electrons. The summed E-state index contributed by atoms with van der Waals surface area (Å²) in [7, 11) is 0. The van der Waals surface area contributed by atoms with Gasteiger partial charge in [-0.2, -0.15) is 0 Å². The van der Waals surface area contributed by atoms with Crippen molar-refractivity contribution in [3.63, 3.8) is 0 Å². The Kier molecular flexibility index (Phi) is 4.09. The van der Waals surface area contributed by atoms with E-state index in [4.69, 9.17) is 14.2 Å². The fraction of sp³-hybridized carbons (Fsp3) is 0.500. The Balaban J connectivity index is 1.34. The van der Waals surface area contributed by atoms with E-state index in [-0.39, 0.29) is 29.7 Å². The summed E-state index contributed by atoms with van der Waals surface area (Å²) in [6.45, 7) is 7.19. The van der Waals surface area contributed by atoms with Crippen molar-refractivity contribution < 1.29 is 19.0 Å². The predicted molar refractivity (Wildman–Crippen MR) is 99.8 cm³/mol. The van der Waals surface area contributed by atoms with Gasteiger partial charge in [-0.1, -0.05) is 45.1 Å². The summed E-state index contributed by atoms with van der Waals surface area (Å²) < 4.78 is 16.5. The van der Waals surface area contributed by atoms with Gasteiger partial charge in [0.2, 0.25) is 6.79 Å². The lowest BCUT2D eigenvalue weighted by atomic mass is 9.70. The van der Waals surface area contributed by atoms with Crippen molar-refractivity contribution in [1.29, 1.82) is 0 Å². The van der Waals surface area contributed by atoms with Crippen molar-refractivity contribution in [2.75, 3.05) is 6.79 Å². The minimum Gasteiger partial charge on any atom is -0.459 e. The van der Waals surface area contributed by atoms with Crippen molar-refractivity contribution in [1.82, 2.24) is 0 Å². The van der Waals surface area contributed by atoms with Crippen LogP contribution in [0.3, 0.4) is 0 Å². The molecule has 1 aromatic carbocycles. The van der Waals surface area contributed by atoms with Crippen LogP contribution in [0.1, 0.15) is 45.6 Å². The Morgan fingerprint density at radius 3 is 2.73 bits per heavy atom.